The first-order valence-corrected chi connectivity index (χ1v) is 7.88. The first-order chi connectivity index (χ1) is 10.1. The summed E-state index contributed by atoms with van der Waals surface area (Å²) in [7, 11) is 0. The van der Waals surface area contributed by atoms with Gasteiger partial charge in [0.25, 0.3) is 0 Å². The molecule has 118 valence electrons. The van der Waals surface area contributed by atoms with Gasteiger partial charge in [-0.05, 0) is 37.0 Å². The highest BCUT2D eigenvalue weighted by atomic mass is 16.3. The lowest BCUT2D eigenvalue weighted by Gasteiger charge is -2.17. The SMILES string of the molecule is CCC(CO)NC(=O)Cc1ccc(NC(CC)CC)cc1. The molecule has 0 aromatic heterocycles. The first kappa shape index (κ1) is 17.5. The molecule has 0 radical (unpaired) electrons. The van der Waals surface area contributed by atoms with Crippen molar-refractivity contribution >= 4 is 11.6 Å². The van der Waals surface area contributed by atoms with E-state index in [2.05, 4.69) is 24.5 Å². The fourth-order valence-corrected chi connectivity index (χ4v) is 2.19. The zero-order valence-electron chi connectivity index (χ0n) is 13.4. The predicted molar refractivity (Wildman–Crippen MR) is 87.4 cm³/mol. The Labute approximate surface area is 128 Å². The molecule has 0 bridgehead atoms. The Kier molecular flexibility index (Phi) is 7.83. The number of benzene rings is 1. The van der Waals surface area contributed by atoms with Crippen LogP contribution in [0.4, 0.5) is 5.69 Å². The maximum absolute atomic E-state index is 11.9. The number of rotatable bonds is 9. The van der Waals surface area contributed by atoms with Gasteiger partial charge in [0, 0.05) is 11.7 Å². The van der Waals surface area contributed by atoms with Gasteiger partial charge >= 0.3 is 0 Å². The Balaban J connectivity index is 2.52. The van der Waals surface area contributed by atoms with Crippen LogP contribution in [0.2, 0.25) is 0 Å². The van der Waals surface area contributed by atoms with Gasteiger partial charge in [-0.3, -0.25) is 4.79 Å². The van der Waals surface area contributed by atoms with Crippen LogP contribution in [0.1, 0.15) is 45.6 Å². The topological polar surface area (TPSA) is 61.4 Å². The molecule has 4 heteroatoms. The first-order valence-electron chi connectivity index (χ1n) is 7.88. The van der Waals surface area contributed by atoms with E-state index in [0.29, 0.717) is 12.5 Å². The summed E-state index contributed by atoms with van der Waals surface area (Å²) in [5.41, 5.74) is 2.07. The molecule has 0 aliphatic heterocycles. The molecule has 1 aromatic rings. The van der Waals surface area contributed by atoms with Crippen LogP contribution in [-0.2, 0) is 11.2 Å². The minimum atomic E-state index is -0.145. The molecule has 21 heavy (non-hydrogen) atoms. The van der Waals surface area contributed by atoms with Crippen LogP contribution in [0.5, 0.6) is 0 Å². The van der Waals surface area contributed by atoms with Gasteiger partial charge in [0.2, 0.25) is 5.91 Å². The van der Waals surface area contributed by atoms with Crippen molar-refractivity contribution in [2.45, 2.75) is 58.5 Å². The summed E-state index contributed by atoms with van der Waals surface area (Å²) in [6.07, 6.45) is 3.28. The van der Waals surface area contributed by atoms with Crippen molar-refractivity contribution in [2.75, 3.05) is 11.9 Å². The van der Waals surface area contributed by atoms with E-state index in [1.165, 1.54) is 0 Å². The highest BCUT2D eigenvalue weighted by Gasteiger charge is 2.10. The molecule has 1 rings (SSSR count). The van der Waals surface area contributed by atoms with Gasteiger partial charge in [0.1, 0.15) is 0 Å². The quantitative estimate of drug-likeness (QED) is 0.656. The van der Waals surface area contributed by atoms with Crippen LogP contribution >= 0.6 is 0 Å². The maximum Gasteiger partial charge on any atom is 0.224 e. The van der Waals surface area contributed by atoms with Crippen LogP contribution in [0.25, 0.3) is 0 Å². The molecule has 1 amide bonds. The van der Waals surface area contributed by atoms with E-state index in [-0.39, 0.29) is 18.6 Å². The monoisotopic (exact) mass is 292 g/mol. The lowest BCUT2D eigenvalue weighted by molar-refractivity contribution is -0.121. The fraction of sp³-hybridized carbons (Fsp3) is 0.588. The molecule has 4 nitrogen and oxygen atoms in total. The molecular formula is C17H28N2O2. The van der Waals surface area contributed by atoms with Crippen molar-refractivity contribution in [3.8, 4) is 0 Å². The van der Waals surface area contributed by atoms with Crippen molar-refractivity contribution < 1.29 is 9.90 Å². The Bertz CT molecular complexity index is 409. The molecule has 3 N–H and O–H groups in total. The molecule has 0 fully saturated rings. The molecule has 0 saturated heterocycles. The number of nitrogens with one attached hydrogen (secondary N) is 2. The summed E-state index contributed by atoms with van der Waals surface area (Å²) < 4.78 is 0. The minimum absolute atomic E-state index is 0.0134. The van der Waals surface area contributed by atoms with Gasteiger partial charge in [-0.2, -0.15) is 0 Å². The van der Waals surface area contributed by atoms with Crippen LogP contribution in [0, 0.1) is 0 Å². The van der Waals surface area contributed by atoms with Crippen molar-refractivity contribution in [3.05, 3.63) is 29.8 Å². The molecule has 0 spiro atoms. The van der Waals surface area contributed by atoms with Gasteiger partial charge in [0.05, 0.1) is 19.1 Å². The summed E-state index contributed by atoms with van der Waals surface area (Å²) in [5, 5.41) is 15.4. The summed E-state index contributed by atoms with van der Waals surface area (Å²) in [5.74, 6) is -0.0448. The second-order valence-corrected chi connectivity index (χ2v) is 5.39. The van der Waals surface area contributed by atoms with E-state index in [9.17, 15) is 4.79 Å². The average molecular weight is 292 g/mol. The number of hydrogen-bond acceptors (Lipinski definition) is 3. The molecule has 0 heterocycles. The molecule has 1 aromatic carbocycles. The van der Waals surface area contributed by atoms with E-state index in [0.717, 1.165) is 30.5 Å². The molecule has 0 saturated carbocycles. The van der Waals surface area contributed by atoms with Crippen molar-refractivity contribution in [1.82, 2.24) is 5.32 Å². The number of anilines is 1. The molecule has 1 atom stereocenters. The largest absolute Gasteiger partial charge is 0.394 e. The Hall–Kier alpha value is -1.55. The number of carbonyl (C=O) groups is 1. The van der Waals surface area contributed by atoms with Crippen molar-refractivity contribution in [1.29, 1.82) is 0 Å². The molecule has 0 aliphatic carbocycles. The normalized spacial score (nSPS) is 12.2. The van der Waals surface area contributed by atoms with Gasteiger partial charge < -0.3 is 15.7 Å². The van der Waals surface area contributed by atoms with Crippen molar-refractivity contribution in [3.63, 3.8) is 0 Å². The maximum atomic E-state index is 11.9. The summed E-state index contributed by atoms with van der Waals surface area (Å²) in [6.45, 7) is 6.27. The number of amides is 1. The minimum Gasteiger partial charge on any atom is -0.394 e. The Morgan fingerprint density at radius 2 is 1.62 bits per heavy atom. The Morgan fingerprint density at radius 1 is 1.05 bits per heavy atom. The van der Waals surface area contributed by atoms with Crippen LogP contribution in [-0.4, -0.2) is 29.7 Å². The summed E-state index contributed by atoms with van der Waals surface area (Å²) >= 11 is 0. The smallest absolute Gasteiger partial charge is 0.224 e. The van der Waals surface area contributed by atoms with E-state index >= 15 is 0 Å². The number of aliphatic hydroxyl groups is 1. The Morgan fingerprint density at radius 3 is 2.10 bits per heavy atom. The zero-order valence-corrected chi connectivity index (χ0v) is 13.4. The van der Waals surface area contributed by atoms with Gasteiger partial charge in [-0.1, -0.05) is 32.9 Å². The fourth-order valence-electron chi connectivity index (χ4n) is 2.19. The second-order valence-electron chi connectivity index (χ2n) is 5.39. The van der Waals surface area contributed by atoms with Crippen LogP contribution in [0.15, 0.2) is 24.3 Å². The third kappa shape index (κ3) is 6.17. The molecule has 1 unspecified atom stereocenters. The predicted octanol–water partition coefficient (Wildman–Crippen LogP) is 2.72. The van der Waals surface area contributed by atoms with Crippen molar-refractivity contribution in [2.24, 2.45) is 0 Å². The third-order valence-corrected chi connectivity index (χ3v) is 3.75. The van der Waals surface area contributed by atoms with E-state index in [1.54, 1.807) is 0 Å². The lowest BCUT2D eigenvalue weighted by atomic mass is 10.1. The van der Waals surface area contributed by atoms with E-state index < -0.39 is 0 Å². The van der Waals surface area contributed by atoms with Gasteiger partial charge in [-0.15, -0.1) is 0 Å². The van der Waals surface area contributed by atoms with Gasteiger partial charge in [0.15, 0.2) is 0 Å². The van der Waals surface area contributed by atoms with Crippen LogP contribution in [0.3, 0.4) is 0 Å². The highest BCUT2D eigenvalue weighted by molar-refractivity contribution is 5.79. The third-order valence-electron chi connectivity index (χ3n) is 3.75. The zero-order chi connectivity index (χ0) is 15.7. The summed E-state index contributed by atoms with van der Waals surface area (Å²) in [4.78, 5) is 11.9. The van der Waals surface area contributed by atoms with E-state index in [1.807, 2.05) is 31.2 Å². The highest BCUT2D eigenvalue weighted by Crippen LogP contribution is 2.13. The van der Waals surface area contributed by atoms with E-state index in [4.69, 9.17) is 5.11 Å². The van der Waals surface area contributed by atoms with Gasteiger partial charge in [-0.25, -0.2) is 0 Å². The molecular weight excluding hydrogens is 264 g/mol. The summed E-state index contributed by atoms with van der Waals surface area (Å²) in [6, 6.07) is 8.34. The molecule has 0 aliphatic rings. The standard InChI is InChI=1S/C17H28N2O2/c1-4-14(5-2)18-16-9-7-13(8-10-16)11-17(21)19-15(6-3)12-20/h7-10,14-15,18,20H,4-6,11-12H2,1-3H3,(H,19,21). The number of hydrogen-bond donors (Lipinski definition) is 3. The lowest BCUT2D eigenvalue weighted by Crippen LogP contribution is -2.37. The average Bonchev–Trinajstić information content (AvgIpc) is 2.51. The second kappa shape index (κ2) is 9.40. The number of aliphatic hydroxyl groups excluding tert-OH is 1. The van der Waals surface area contributed by atoms with Crippen LogP contribution < -0.4 is 10.6 Å². The number of carbonyl (C=O) groups excluding carboxylic acids is 1.